The Morgan fingerprint density at radius 3 is 1.61 bits per heavy atom. The lowest BCUT2D eigenvalue weighted by Gasteiger charge is -2.10. The number of carbonyl (C=O) groups excluding carboxylic acids is 3. The highest BCUT2D eigenvalue weighted by Crippen LogP contribution is 2.13. The summed E-state index contributed by atoms with van der Waals surface area (Å²) in [5.74, 6) is -0.0443. The molecule has 0 radical (unpaired) electrons. The van der Waals surface area contributed by atoms with Crippen molar-refractivity contribution < 1.29 is 28.6 Å². The first-order chi connectivity index (χ1) is 16.1. The van der Waals surface area contributed by atoms with Gasteiger partial charge in [0, 0.05) is 17.5 Å². The summed E-state index contributed by atoms with van der Waals surface area (Å²) < 4.78 is 15.9. The molecule has 2 amide bonds. The highest BCUT2D eigenvalue weighted by atomic mass is 16.5. The van der Waals surface area contributed by atoms with Crippen LogP contribution in [0.1, 0.15) is 37.5 Å². The van der Waals surface area contributed by atoms with Gasteiger partial charge in [-0.05, 0) is 60.7 Å². The van der Waals surface area contributed by atoms with Crippen LogP contribution in [0.2, 0.25) is 0 Å². The Kier molecular flexibility index (Phi) is 8.41. The molecule has 0 fully saturated rings. The number of benzene rings is 3. The van der Waals surface area contributed by atoms with E-state index in [4.69, 9.17) is 9.47 Å². The van der Waals surface area contributed by atoms with Crippen molar-refractivity contribution in [3.05, 3.63) is 95.6 Å². The molecule has 3 aromatic carbocycles. The monoisotopic (exact) mass is 448 g/mol. The SMILES string of the molecule is COC(=O)c1ccc(C(=O)NNC(=O)c2ccc(OCCCOc3ccccc3)cc2)cc1. The third-order valence-corrected chi connectivity index (χ3v) is 4.54. The molecule has 2 N–H and O–H groups in total. The number of carbonyl (C=O) groups is 3. The number of hydrogen-bond donors (Lipinski definition) is 2. The van der Waals surface area contributed by atoms with Crippen LogP contribution in [0.3, 0.4) is 0 Å². The molecule has 0 aromatic heterocycles. The fourth-order valence-electron chi connectivity index (χ4n) is 2.79. The Balaban J connectivity index is 1.39. The maximum absolute atomic E-state index is 12.3. The summed E-state index contributed by atoms with van der Waals surface area (Å²) >= 11 is 0. The molecule has 33 heavy (non-hydrogen) atoms. The van der Waals surface area contributed by atoms with Crippen LogP contribution in [0, 0.1) is 0 Å². The van der Waals surface area contributed by atoms with Gasteiger partial charge < -0.3 is 14.2 Å². The van der Waals surface area contributed by atoms with E-state index in [0.29, 0.717) is 36.5 Å². The lowest BCUT2D eigenvalue weighted by Crippen LogP contribution is -2.41. The van der Waals surface area contributed by atoms with Gasteiger partial charge in [-0.3, -0.25) is 20.4 Å². The quantitative estimate of drug-likeness (QED) is 0.296. The van der Waals surface area contributed by atoms with E-state index in [9.17, 15) is 14.4 Å². The van der Waals surface area contributed by atoms with Crippen molar-refractivity contribution in [1.82, 2.24) is 10.9 Å². The van der Waals surface area contributed by atoms with E-state index in [2.05, 4.69) is 15.6 Å². The average molecular weight is 448 g/mol. The fraction of sp³-hybridized carbons (Fsp3) is 0.160. The molecule has 0 heterocycles. The second-order valence-corrected chi connectivity index (χ2v) is 6.87. The third-order valence-electron chi connectivity index (χ3n) is 4.54. The second kappa shape index (κ2) is 11.9. The van der Waals surface area contributed by atoms with Gasteiger partial charge in [0.1, 0.15) is 11.5 Å². The molecule has 0 aliphatic rings. The molecule has 0 unspecified atom stereocenters. The topological polar surface area (TPSA) is 103 Å². The molecule has 0 aliphatic carbocycles. The largest absolute Gasteiger partial charge is 0.493 e. The standard InChI is InChI=1S/C25H24N2O6/c1-31-25(30)20-10-8-18(9-11-20)23(28)26-27-24(29)19-12-14-22(15-13-19)33-17-5-16-32-21-6-3-2-4-7-21/h2-4,6-15H,5,16-17H2,1H3,(H,26,28)(H,27,29). The van der Waals surface area contributed by atoms with Gasteiger partial charge in [-0.15, -0.1) is 0 Å². The molecule has 3 aromatic rings. The van der Waals surface area contributed by atoms with Crippen LogP contribution in [-0.4, -0.2) is 38.1 Å². The van der Waals surface area contributed by atoms with Crippen LogP contribution < -0.4 is 20.3 Å². The van der Waals surface area contributed by atoms with Crippen LogP contribution >= 0.6 is 0 Å². The van der Waals surface area contributed by atoms with Crippen LogP contribution in [-0.2, 0) is 4.74 Å². The molecule has 3 rings (SSSR count). The van der Waals surface area contributed by atoms with Gasteiger partial charge >= 0.3 is 5.97 Å². The third kappa shape index (κ3) is 7.10. The predicted molar refractivity (Wildman–Crippen MR) is 121 cm³/mol. The number of para-hydroxylation sites is 1. The summed E-state index contributed by atoms with van der Waals surface area (Å²) in [6.45, 7) is 1.01. The summed E-state index contributed by atoms with van der Waals surface area (Å²) in [4.78, 5) is 35.9. The van der Waals surface area contributed by atoms with Gasteiger partial charge in [0.25, 0.3) is 11.8 Å². The minimum absolute atomic E-state index is 0.281. The van der Waals surface area contributed by atoms with Crippen molar-refractivity contribution in [2.45, 2.75) is 6.42 Å². The Labute approximate surface area is 191 Å². The fourth-order valence-corrected chi connectivity index (χ4v) is 2.79. The van der Waals surface area contributed by atoms with Crippen molar-refractivity contribution >= 4 is 17.8 Å². The van der Waals surface area contributed by atoms with E-state index < -0.39 is 17.8 Å². The molecule has 0 spiro atoms. The highest BCUT2D eigenvalue weighted by molar-refractivity contribution is 5.99. The van der Waals surface area contributed by atoms with Gasteiger partial charge in [-0.2, -0.15) is 0 Å². The minimum Gasteiger partial charge on any atom is -0.493 e. The van der Waals surface area contributed by atoms with Crippen LogP contribution in [0.4, 0.5) is 0 Å². The van der Waals surface area contributed by atoms with E-state index in [1.54, 1.807) is 24.3 Å². The smallest absolute Gasteiger partial charge is 0.337 e. The molecular formula is C25H24N2O6. The second-order valence-electron chi connectivity index (χ2n) is 6.87. The Morgan fingerprint density at radius 2 is 1.09 bits per heavy atom. The first-order valence-electron chi connectivity index (χ1n) is 10.3. The molecule has 0 saturated heterocycles. The van der Waals surface area contributed by atoms with Crippen molar-refractivity contribution in [1.29, 1.82) is 0 Å². The molecule has 0 saturated carbocycles. The zero-order valence-electron chi connectivity index (χ0n) is 18.1. The summed E-state index contributed by atoms with van der Waals surface area (Å²) in [5.41, 5.74) is 5.65. The molecular weight excluding hydrogens is 424 g/mol. The summed E-state index contributed by atoms with van der Waals surface area (Å²) in [5, 5.41) is 0. The van der Waals surface area contributed by atoms with Gasteiger partial charge in [0.15, 0.2) is 0 Å². The molecule has 0 atom stereocenters. The zero-order valence-corrected chi connectivity index (χ0v) is 18.1. The average Bonchev–Trinajstić information content (AvgIpc) is 2.87. The van der Waals surface area contributed by atoms with Crippen molar-refractivity contribution in [3.8, 4) is 11.5 Å². The van der Waals surface area contributed by atoms with Gasteiger partial charge in [-0.25, -0.2) is 4.79 Å². The normalized spacial score (nSPS) is 10.1. The molecule has 0 bridgehead atoms. The molecule has 8 nitrogen and oxygen atoms in total. The molecule has 170 valence electrons. The number of rotatable bonds is 9. The van der Waals surface area contributed by atoms with Crippen molar-refractivity contribution in [2.75, 3.05) is 20.3 Å². The summed E-state index contributed by atoms with van der Waals surface area (Å²) in [6.07, 6.45) is 0.712. The lowest BCUT2D eigenvalue weighted by atomic mass is 10.1. The molecule has 8 heteroatoms. The molecule has 0 aliphatic heterocycles. The van der Waals surface area contributed by atoms with E-state index in [0.717, 1.165) is 5.75 Å². The zero-order chi connectivity index (χ0) is 23.5. The maximum Gasteiger partial charge on any atom is 0.337 e. The predicted octanol–water partition coefficient (Wildman–Crippen LogP) is 3.40. The number of amides is 2. The van der Waals surface area contributed by atoms with Crippen LogP contribution in [0.25, 0.3) is 0 Å². The maximum atomic E-state index is 12.3. The highest BCUT2D eigenvalue weighted by Gasteiger charge is 2.11. The number of nitrogens with one attached hydrogen (secondary N) is 2. The van der Waals surface area contributed by atoms with Gasteiger partial charge in [-0.1, -0.05) is 18.2 Å². The van der Waals surface area contributed by atoms with E-state index in [-0.39, 0.29) is 5.56 Å². The van der Waals surface area contributed by atoms with Crippen LogP contribution in [0.15, 0.2) is 78.9 Å². The number of esters is 1. The minimum atomic E-state index is -0.516. The lowest BCUT2D eigenvalue weighted by molar-refractivity contribution is 0.0600. The van der Waals surface area contributed by atoms with E-state index in [1.165, 1.54) is 31.4 Å². The number of methoxy groups -OCH3 is 1. The van der Waals surface area contributed by atoms with Gasteiger partial charge in [0.2, 0.25) is 0 Å². The Hall–Kier alpha value is -4.33. The number of ether oxygens (including phenoxy) is 3. The first-order valence-corrected chi connectivity index (χ1v) is 10.3. The van der Waals surface area contributed by atoms with E-state index in [1.807, 2.05) is 30.3 Å². The Morgan fingerprint density at radius 1 is 0.636 bits per heavy atom. The number of hydrogen-bond acceptors (Lipinski definition) is 6. The summed E-state index contributed by atoms with van der Waals surface area (Å²) in [6, 6.07) is 22.0. The van der Waals surface area contributed by atoms with Crippen molar-refractivity contribution in [2.24, 2.45) is 0 Å². The van der Waals surface area contributed by atoms with Crippen molar-refractivity contribution in [3.63, 3.8) is 0 Å². The van der Waals surface area contributed by atoms with Crippen LogP contribution in [0.5, 0.6) is 11.5 Å². The summed E-state index contributed by atoms with van der Waals surface area (Å²) in [7, 11) is 1.28. The van der Waals surface area contributed by atoms with Gasteiger partial charge in [0.05, 0.1) is 25.9 Å². The Bertz CT molecular complexity index is 1070. The number of hydrazine groups is 1. The first kappa shape index (κ1) is 23.3. The van der Waals surface area contributed by atoms with E-state index >= 15 is 0 Å².